The third-order valence-electron chi connectivity index (χ3n) is 1.92. The van der Waals surface area contributed by atoms with Crippen LogP contribution in [-0.4, -0.2) is 26.8 Å². The van der Waals surface area contributed by atoms with Gasteiger partial charge in [0, 0.05) is 0 Å². The molecule has 1 aromatic rings. The van der Waals surface area contributed by atoms with Crippen LogP contribution in [0.3, 0.4) is 0 Å². The van der Waals surface area contributed by atoms with Crippen LogP contribution in [-0.2, 0) is 0 Å². The Kier molecular flexibility index (Phi) is 3.08. The number of aliphatic hydroxyl groups is 1. The van der Waals surface area contributed by atoms with Crippen LogP contribution in [0.2, 0.25) is 0 Å². The average Bonchev–Trinajstić information content (AvgIpc) is 2.20. The van der Waals surface area contributed by atoms with E-state index in [4.69, 9.17) is 21.1 Å². The third kappa shape index (κ3) is 2.14. The lowest BCUT2D eigenvalue weighted by molar-refractivity contribution is -0.385. The monoisotopic (exact) mass is 214 g/mol. The third-order valence-corrected chi connectivity index (χ3v) is 1.92. The Morgan fingerprint density at radius 2 is 1.93 bits per heavy atom. The first-order valence-electron chi connectivity index (χ1n) is 4.04. The molecule has 0 aromatic heterocycles. The molecule has 0 spiro atoms. The highest BCUT2D eigenvalue weighted by atomic mass is 16.6. The van der Waals surface area contributed by atoms with Crippen molar-refractivity contribution in [3.63, 3.8) is 0 Å². The molecule has 0 unspecified atom stereocenters. The van der Waals surface area contributed by atoms with E-state index in [1.165, 1.54) is 0 Å². The highest BCUT2D eigenvalue weighted by Crippen LogP contribution is 2.34. The van der Waals surface area contributed by atoms with Gasteiger partial charge in [0.2, 0.25) is 0 Å². The summed E-state index contributed by atoms with van der Waals surface area (Å²) in [6.45, 7) is -0.495. The molecule has 1 rings (SSSR count). The summed E-state index contributed by atoms with van der Waals surface area (Å²) in [5.41, 5.74) is 4.94. The van der Waals surface area contributed by atoms with Crippen LogP contribution >= 0.6 is 0 Å². The summed E-state index contributed by atoms with van der Waals surface area (Å²) in [6.07, 6.45) is 0. The molecule has 82 valence electrons. The molecule has 0 aliphatic carbocycles. The van der Waals surface area contributed by atoms with Crippen LogP contribution in [0.5, 0.6) is 11.5 Å². The number of nitro benzene ring substituents is 1. The summed E-state index contributed by atoms with van der Waals surface area (Å²) < 4.78 is 0. The molecule has 0 saturated heterocycles. The zero-order valence-electron chi connectivity index (χ0n) is 7.62. The summed E-state index contributed by atoms with van der Waals surface area (Å²) >= 11 is 0. The van der Waals surface area contributed by atoms with Crippen molar-refractivity contribution in [2.45, 2.75) is 6.04 Å². The standard InChI is InChI=1S/C8H10N2O5/c9-5(3-11)4-1-7(12)8(13)2-6(4)10(14)15/h1-2,5,11-13H,3,9H2/t5-/m1/s1. The maximum atomic E-state index is 10.6. The number of aromatic hydroxyl groups is 2. The predicted molar refractivity (Wildman–Crippen MR) is 50.4 cm³/mol. The lowest BCUT2D eigenvalue weighted by Crippen LogP contribution is -2.16. The van der Waals surface area contributed by atoms with Crippen LogP contribution in [0.1, 0.15) is 11.6 Å². The predicted octanol–water partition coefficient (Wildman–Crippen LogP) is -0.00190. The Morgan fingerprint density at radius 1 is 1.40 bits per heavy atom. The van der Waals surface area contributed by atoms with Gasteiger partial charge in [-0.1, -0.05) is 0 Å². The zero-order chi connectivity index (χ0) is 11.6. The molecule has 15 heavy (non-hydrogen) atoms. The van der Waals surface area contributed by atoms with E-state index in [0.29, 0.717) is 0 Å². The maximum Gasteiger partial charge on any atom is 0.278 e. The molecule has 0 bridgehead atoms. The SMILES string of the molecule is N[C@H](CO)c1cc(O)c(O)cc1[N+](=O)[O-]. The van der Waals surface area contributed by atoms with E-state index in [0.717, 1.165) is 12.1 Å². The van der Waals surface area contributed by atoms with Crippen LogP contribution < -0.4 is 5.73 Å². The fourth-order valence-electron chi connectivity index (χ4n) is 1.14. The van der Waals surface area contributed by atoms with Gasteiger partial charge in [-0.25, -0.2) is 0 Å². The highest BCUT2D eigenvalue weighted by molar-refractivity contribution is 5.54. The van der Waals surface area contributed by atoms with Crippen molar-refractivity contribution in [1.82, 2.24) is 0 Å². The zero-order valence-corrected chi connectivity index (χ0v) is 7.62. The van der Waals surface area contributed by atoms with Gasteiger partial charge in [0.1, 0.15) is 0 Å². The molecule has 1 atom stereocenters. The largest absolute Gasteiger partial charge is 0.504 e. The van der Waals surface area contributed by atoms with Crippen molar-refractivity contribution in [1.29, 1.82) is 0 Å². The molecule has 0 radical (unpaired) electrons. The first-order chi connectivity index (χ1) is 6.97. The molecular formula is C8H10N2O5. The molecule has 0 aliphatic rings. The van der Waals surface area contributed by atoms with Crippen molar-refractivity contribution >= 4 is 5.69 Å². The van der Waals surface area contributed by atoms with Crippen molar-refractivity contribution in [3.05, 3.63) is 27.8 Å². The first-order valence-corrected chi connectivity index (χ1v) is 4.04. The van der Waals surface area contributed by atoms with E-state index >= 15 is 0 Å². The number of nitrogens with zero attached hydrogens (tertiary/aromatic N) is 1. The normalized spacial score (nSPS) is 12.4. The second-order valence-electron chi connectivity index (χ2n) is 2.95. The van der Waals surface area contributed by atoms with Crippen molar-refractivity contribution in [3.8, 4) is 11.5 Å². The van der Waals surface area contributed by atoms with Crippen molar-refractivity contribution in [2.24, 2.45) is 5.73 Å². The van der Waals surface area contributed by atoms with Gasteiger partial charge in [-0.3, -0.25) is 10.1 Å². The second kappa shape index (κ2) is 4.11. The fraction of sp³-hybridized carbons (Fsp3) is 0.250. The smallest absolute Gasteiger partial charge is 0.278 e. The number of aliphatic hydroxyl groups excluding tert-OH is 1. The summed E-state index contributed by atoms with van der Waals surface area (Å²) in [7, 11) is 0. The van der Waals surface area contributed by atoms with E-state index in [1.807, 2.05) is 0 Å². The van der Waals surface area contributed by atoms with Crippen LogP contribution in [0.4, 0.5) is 5.69 Å². The van der Waals surface area contributed by atoms with Gasteiger partial charge in [0.15, 0.2) is 11.5 Å². The molecule has 0 aliphatic heterocycles. The summed E-state index contributed by atoms with van der Waals surface area (Å²) in [4.78, 5) is 9.84. The van der Waals surface area contributed by atoms with E-state index < -0.39 is 34.8 Å². The highest BCUT2D eigenvalue weighted by Gasteiger charge is 2.21. The number of rotatable bonds is 3. The van der Waals surface area contributed by atoms with Crippen LogP contribution in [0.15, 0.2) is 12.1 Å². The molecular weight excluding hydrogens is 204 g/mol. The molecule has 5 N–H and O–H groups in total. The van der Waals surface area contributed by atoms with E-state index in [2.05, 4.69) is 0 Å². The molecule has 0 saturated carbocycles. The van der Waals surface area contributed by atoms with Gasteiger partial charge in [-0.2, -0.15) is 0 Å². The number of benzene rings is 1. The molecule has 0 heterocycles. The molecule has 1 aromatic carbocycles. The molecule has 0 amide bonds. The Morgan fingerprint density at radius 3 is 2.40 bits per heavy atom. The summed E-state index contributed by atoms with van der Waals surface area (Å²) in [6, 6.07) is 0.783. The van der Waals surface area contributed by atoms with Gasteiger partial charge in [-0.15, -0.1) is 0 Å². The van der Waals surface area contributed by atoms with Crippen molar-refractivity contribution < 1.29 is 20.2 Å². The van der Waals surface area contributed by atoms with Gasteiger partial charge < -0.3 is 21.1 Å². The topological polar surface area (TPSA) is 130 Å². The Labute approximate surface area is 84.5 Å². The Hall–Kier alpha value is -1.86. The number of nitrogens with two attached hydrogens (primary N) is 1. The molecule has 7 heteroatoms. The van der Waals surface area contributed by atoms with Crippen LogP contribution in [0.25, 0.3) is 0 Å². The second-order valence-corrected chi connectivity index (χ2v) is 2.95. The summed E-state index contributed by atoms with van der Waals surface area (Å²) in [5, 5.41) is 37.6. The lowest BCUT2D eigenvalue weighted by atomic mass is 10.1. The van der Waals surface area contributed by atoms with E-state index in [1.54, 1.807) is 0 Å². The number of hydrogen-bond acceptors (Lipinski definition) is 6. The van der Waals surface area contributed by atoms with Gasteiger partial charge in [-0.05, 0) is 6.07 Å². The first kappa shape index (κ1) is 11.2. The quantitative estimate of drug-likeness (QED) is 0.318. The minimum atomic E-state index is -0.975. The number of phenolic OH excluding ortho intramolecular Hbond substituents is 2. The van der Waals surface area contributed by atoms with Gasteiger partial charge in [0.25, 0.3) is 5.69 Å². The fourth-order valence-corrected chi connectivity index (χ4v) is 1.14. The average molecular weight is 214 g/mol. The minimum Gasteiger partial charge on any atom is -0.504 e. The van der Waals surface area contributed by atoms with Crippen LogP contribution in [0, 0.1) is 10.1 Å². The van der Waals surface area contributed by atoms with Gasteiger partial charge in [0.05, 0.1) is 29.2 Å². The molecule has 0 fully saturated rings. The summed E-state index contributed by atoms with van der Waals surface area (Å²) in [5.74, 6) is -1.12. The molecule has 7 nitrogen and oxygen atoms in total. The minimum absolute atomic E-state index is 0.0298. The van der Waals surface area contributed by atoms with Crippen molar-refractivity contribution in [2.75, 3.05) is 6.61 Å². The Balaban J connectivity index is 3.34. The van der Waals surface area contributed by atoms with Gasteiger partial charge >= 0.3 is 0 Å². The number of phenols is 2. The Bertz CT molecular complexity index is 393. The number of nitro groups is 1. The van der Waals surface area contributed by atoms with E-state index in [-0.39, 0.29) is 5.56 Å². The lowest BCUT2D eigenvalue weighted by Gasteiger charge is -2.10. The van der Waals surface area contributed by atoms with E-state index in [9.17, 15) is 10.1 Å². The maximum absolute atomic E-state index is 10.6. The number of hydrogen-bond donors (Lipinski definition) is 4.